The second-order valence-corrected chi connectivity index (χ2v) is 12.1. The average Bonchev–Trinajstić information content (AvgIpc) is 3.26. The lowest BCUT2D eigenvalue weighted by molar-refractivity contribution is -0.122. The highest BCUT2D eigenvalue weighted by molar-refractivity contribution is 9.10. The number of Topliss-reactive ketones (excluding diaryl/α,β-unsaturated/α-hetero) is 1. The van der Waals surface area contributed by atoms with E-state index in [1.54, 1.807) is 49.4 Å². The van der Waals surface area contributed by atoms with E-state index in [1.165, 1.54) is 4.90 Å². The summed E-state index contributed by atoms with van der Waals surface area (Å²) in [6.07, 6.45) is 4.09. The van der Waals surface area contributed by atoms with Crippen molar-refractivity contribution in [1.29, 1.82) is 0 Å². The number of ketones is 1. The molecule has 1 aliphatic heterocycles. The van der Waals surface area contributed by atoms with Crippen LogP contribution in [0.1, 0.15) is 51.6 Å². The molecule has 2 aliphatic rings. The van der Waals surface area contributed by atoms with Crippen LogP contribution in [0.4, 0.5) is 5.69 Å². The summed E-state index contributed by atoms with van der Waals surface area (Å²) in [6.45, 7) is 5.41. The van der Waals surface area contributed by atoms with Gasteiger partial charge in [-0.1, -0.05) is 70.0 Å². The number of carbonyl (C=O) groups is 4. The molecule has 3 aromatic carbocycles. The number of ether oxygens (including phenoxy) is 1. The molecule has 3 atom stereocenters. The van der Waals surface area contributed by atoms with E-state index in [9.17, 15) is 19.2 Å². The van der Waals surface area contributed by atoms with Crippen LogP contribution in [0, 0.1) is 25.7 Å². The van der Waals surface area contributed by atoms with Crippen molar-refractivity contribution >= 4 is 56.1 Å². The third kappa shape index (κ3) is 5.31. The highest BCUT2D eigenvalue weighted by atomic mass is 79.9. The number of carbonyl (C=O) groups excluding carboxylic acids is 4. The molecular formula is C35H29BrN2O5. The molecule has 8 heteroatoms. The fraction of sp³-hybridized carbons (Fsp3) is 0.229. The summed E-state index contributed by atoms with van der Waals surface area (Å²) >= 11 is 3.52. The molecule has 0 radical (unpaired) electrons. The maximum atomic E-state index is 13.6. The second-order valence-electron chi connectivity index (χ2n) is 11.2. The number of nitrogens with zero attached hydrogens (tertiary/aromatic N) is 2. The first kappa shape index (κ1) is 28.7. The van der Waals surface area contributed by atoms with E-state index in [2.05, 4.69) is 15.9 Å². The Kier molecular flexibility index (Phi) is 7.56. The third-order valence-electron chi connectivity index (χ3n) is 8.21. The Bertz CT molecular complexity index is 1800. The fourth-order valence-electron chi connectivity index (χ4n) is 5.84. The maximum absolute atomic E-state index is 13.6. The summed E-state index contributed by atoms with van der Waals surface area (Å²) in [5, 5.41) is 0.594. The Hall–Kier alpha value is -4.43. The van der Waals surface area contributed by atoms with E-state index in [1.807, 2.05) is 50.3 Å². The molecule has 43 heavy (non-hydrogen) atoms. The SMILES string of the molecule is Cc1ccc(C(=O)C(C)OC(=O)c2cc(-c3ccc(N4C(=O)C5CC=CCC5C4=O)cc3)nc3c(C)cc(Br)cc23)cc1. The molecule has 1 aromatic heterocycles. The zero-order valence-corrected chi connectivity index (χ0v) is 25.6. The van der Waals surface area contributed by atoms with E-state index in [-0.39, 0.29) is 35.0 Å². The number of allylic oxidation sites excluding steroid dienone is 2. The minimum atomic E-state index is -0.996. The van der Waals surface area contributed by atoms with Crippen LogP contribution in [0.25, 0.3) is 22.2 Å². The number of halogens is 1. The molecule has 6 rings (SSSR count). The smallest absolute Gasteiger partial charge is 0.339 e. The standard InChI is InChI=1S/C35H29BrN2O5/c1-19-8-10-23(11-9-19)32(39)21(3)43-35(42)29-18-30(37-31-20(2)16-24(36)17-28(29)31)22-12-14-25(15-13-22)38-33(40)26-6-4-5-7-27(26)34(38)41/h4-5,8-18,21,26-27H,6-7H2,1-3H3. The first-order chi connectivity index (χ1) is 20.6. The molecule has 216 valence electrons. The van der Waals surface area contributed by atoms with Crippen LogP contribution in [-0.4, -0.2) is 34.7 Å². The number of fused-ring (bicyclic) bond motifs is 2. The number of hydrogen-bond acceptors (Lipinski definition) is 6. The van der Waals surface area contributed by atoms with Gasteiger partial charge in [0.1, 0.15) is 0 Å². The second kappa shape index (κ2) is 11.3. The van der Waals surface area contributed by atoms with Crippen molar-refractivity contribution in [2.24, 2.45) is 11.8 Å². The zero-order valence-electron chi connectivity index (χ0n) is 24.0. The van der Waals surface area contributed by atoms with Crippen LogP contribution in [0.3, 0.4) is 0 Å². The number of amides is 2. The number of pyridine rings is 1. The first-order valence-electron chi connectivity index (χ1n) is 14.2. The number of anilines is 1. The average molecular weight is 638 g/mol. The Morgan fingerprint density at radius 1 is 0.907 bits per heavy atom. The van der Waals surface area contributed by atoms with Gasteiger partial charge in [-0.15, -0.1) is 0 Å². The van der Waals surface area contributed by atoms with Crippen LogP contribution in [-0.2, 0) is 14.3 Å². The summed E-state index contributed by atoms with van der Waals surface area (Å²) in [5.74, 6) is -1.89. The lowest BCUT2D eigenvalue weighted by atomic mass is 9.85. The molecule has 0 N–H and O–H groups in total. The van der Waals surface area contributed by atoms with Crippen molar-refractivity contribution in [3.63, 3.8) is 0 Å². The minimum absolute atomic E-state index is 0.170. The summed E-state index contributed by atoms with van der Waals surface area (Å²) in [4.78, 5) is 58.9. The van der Waals surface area contributed by atoms with E-state index in [0.29, 0.717) is 46.3 Å². The van der Waals surface area contributed by atoms with Crippen LogP contribution < -0.4 is 4.90 Å². The summed E-state index contributed by atoms with van der Waals surface area (Å²) < 4.78 is 6.48. The van der Waals surface area contributed by atoms with Crippen LogP contribution >= 0.6 is 15.9 Å². The highest BCUT2D eigenvalue weighted by Crippen LogP contribution is 2.38. The van der Waals surface area contributed by atoms with Gasteiger partial charge in [-0.3, -0.25) is 19.3 Å². The van der Waals surface area contributed by atoms with E-state index >= 15 is 0 Å². The van der Waals surface area contributed by atoms with Gasteiger partial charge < -0.3 is 4.74 Å². The van der Waals surface area contributed by atoms with Crippen molar-refractivity contribution in [2.45, 2.75) is 39.7 Å². The van der Waals surface area contributed by atoms with Gasteiger partial charge in [0.25, 0.3) is 0 Å². The molecule has 1 fully saturated rings. The monoisotopic (exact) mass is 636 g/mol. The zero-order chi connectivity index (χ0) is 30.4. The third-order valence-corrected chi connectivity index (χ3v) is 8.66. The number of rotatable bonds is 6. The first-order valence-corrected chi connectivity index (χ1v) is 15.0. The Balaban J connectivity index is 1.33. The molecular weight excluding hydrogens is 608 g/mol. The predicted molar refractivity (Wildman–Crippen MR) is 168 cm³/mol. The van der Waals surface area contributed by atoms with Gasteiger partial charge >= 0.3 is 5.97 Å². The summed E-state index contributed by atoms with van der Waals surface area (Å²) in [6, 6.07) is 19.6. The van der Waals surface area contributed by atoms with Gasteiger partial charge in [0.2, 0.25) is 17.6 Å². The molecule has 2 amide bonds. The van der Waals surface area contributed by atoms with Gasteiger partial charge in [-0.25, -0.2) is 9.78 Å². The van der Waals surface area contributed by atoms with Gasteiger partial charge in [0, 0.05) is 21.0 Å². The van der Waals surface area contributed by atoms with Crippen molar-refractivity contribution in [3.8, 4) is 11.3 Å². The Morgan fingerprint density at radius 2 is 1.53 bits per heavy atom. The normalized spacial score (nSPS) is 18.6. The van der Waals surface area contributed by atoms with Crippen molar-refractivity contribution in [3.05, 3.63) is 106 Å². The van der Waals surface area contributed by atoms with Gasteiger partial charge in [0.05, 0.1) is 34.3 Å². The van der Waals surface area contributed by atoms with E-state index < -0.39 is 12.1 Å². The lowest BCUT2D eigenvalue weighted by Crippen LogP contribution is -2.30. The molecule has 0 bridgehead atoms. The minimum Gasteiger partial charge on any atom is -0.451 e. The number of aryl methyl sites for hydroxylation is 2. The van der Waals surface area contributed by atoms with Crippen molar-refractivity contribution in [1.82, 2.24) is 4.98 Å². The number of aromatic nitrogens is 1. The lowest BCUT2D eigenvalue weighted by Gasteiger charge is -2.17. The summed E-state index contributed by atoms with van der Waals surface area (Å²) in [7, 11) is 0. The number of esters is 1. The fourth-order valence-corrected chi connectivity index (χ4v) is 6.41. The number of imide groups is 1. The van der Waals surface area contributed by atoms with Gasteiger partial charge in [-0.05, 0) is 69.5 Å². The van der Waals surface area contributed by atoms with E-state index in [4.69, 9.17) is 9.72 Å². The predicted octanol–water partition coefficient (Wildman–Crippen LogP) is 7.16. The molecule has 0 spiro atoms. The number of benzene rings is 3. The van der Waals surface area contributed by atoms with Crippen LogP contribution in [0.2, 0.25) is 0 Å². The Morgan fingerprint density at radius 3 is 2.16 bits per heavy atom. The summed E-state index contributed by atoms with van der Waals surface area (Å²) in [5.41, 5.74) is 4.97. The van der Waals surface area contributed by atoms with Crippen molar-refractivity contribution < 1.29 is 23.9 Å². The van der Waals surface area contributed by atoms with Gasteiger partial charge in [-0.2, -0.15) is 0 Å². The largest absolute Gasteiger partial charge is 0.451 e. The van der Waals surface area contributed by atoms with E-state index in [0.717, 1.165) is 15.6 Å². The number of hydrogen-bond donors (Lipinski definition) is 0. The quantitative estimate of drug-likeness (QED) is 0.0964. The molecule has 2 heterocycles. The molecule has 0 saturated carbocycles. The molecule has 7 nitrogen and oxygen atoms in total. The maximum Gasteiger partial charge on any atom is 0.339 e. The molecule has 3 unspecified atom stereocenters. The van der Waals surface area contributed by atoms with Crippen LogP contribution in [0.15, 0.2) is 83.4 Å². The van der Waals surface area contributed by atoms with Crippen LogP contribution in [0.5, 0.6) is 0 Å². The Labute approximate surface area is 257 Å². The topological polar surface area (TPSA) is 93.6 Å². The molecule has 1 aliphatic carbocycles. The van der Waals surface area contributed by atoms with Crippen molar-refractivity contribution in [2.75, 3.05) is 4.90 Å². The highest BCUT2D eigenvalue weighted by Gasteiger charge is 2.47. The molecule has 1 saturated heterocycles. The molecule has 4 aromatic rings. The van der Waals surface area contributed by atoms with Gasteiger partial charge in [0.15, 0.2) is 6.10 Å².